The Labute approximate surface area is 177 Å². The lowest BCUT2D eigenvalue weighted by Crippen LogP contribution is -2.27. The molecule has 8 heteroatoms. The molecule has 2 heterocycles. The summed E-state index contributed by atoms with van der Waals surface area (Å²) < 4.78 is 6.84. The molecule has 0 fully saturated rings. The van der Waals surface area contributed by atoms with Gasteiger partial charge in [-0.25, -0.2) is 4.98 Å². The second-order valence-electron chi connectivity index (χ2n) is 7.37. The number of nitrogens with zero attached hydrogens (tertiary/aromatic N) is 2. The Morgan fingerprint density at radius 2 is 1.97 bits per heavy atom. The molecule has 1 aliphatic rings. The van der Waals surface area contributed by atoms with Crippen molar-refractivity contribution in [1.29, 1.82) is 0 Å². The molecule has 1 aliphatic heterocycles. The van der Waals surface area contributed by atoms with Crippen molar-refractivity contribution in [1.82, 2.24) is 9.55 Å². The Kier molecular flexibility index (Phi) is 5.29. The Morgan fingerprint density at radius 1 is 1.23 bits per heavy atom. The zero-order chi connectivity index (χ0) is 22.1. The van der Waals surface area contributed by atoms with E-state index in [2.05, 4.69) is 10.3 Å². The second kappa shape index (κ2) is 8.06. The first-order valence-electron chi connectivity index (χ1n) is 9.80. The normalized spacial score (nSPS) is 15.0. The maximum atomic E-state index is 12.9. The maximum absolute atomic E-state index is 12.9. The van der Waals surface area contributed by atoms with Gasteiger partial charge in [0.2, 0.25) is 5.91 Å². The molecule has 31 heavy (non-hydrogen) atoms. The predicted molar refractivity (Wildman–Crippen MR) is 117 cm³/mol. The fraction of sp³-hybridized carbons (Fsp3) is 0.217. The number of rotatable bonds is 5. The van der Waals surface area contributed by atoms with E-state index in [0.717, 1.165) is 16.9 Å². The van der Waals surface area contributed by atoms with Crippen LogP contribution in [0.15, 0.2) is 47.3 Å². The molecular formula is C23H21N3O5. The Bertz CT molecular complexity index is 1270. The fourth-order valence-corrected chi connectivity index (χ4v) is 3.50. The number of aromatic nitrogens is 2. The van der Waals surface area contributed by atoms with Crippen LogP contribution in [0.4, 0.5) is 5.69 Å². The third-order valence-corrected chi connectivity index (χ3v) is 5.34. The lowest BCUT2D eigenvalue weighted by atomic mass is 10.1. The zero-order valence-corrected chi connectivity index (χ0v) is 17.1. The number of benzene rings is 2. The van der Waals surface area contributed by atoms with Crippen molar-refractivity contribution in [3.8, 4) is 5.75 Å². The van der Waals surface area contributed by atoms with E-state index >= 15 is 0 Å². The third-order valence-electron chi connectivity index (χ3n) is 5.34. The van der Waals surface area contributed by atoms with E-state index in [1.807, 2.05) is 30.3 Å². The molecule has 2 aromatic carbocycles. The topological polar surface area (TPSA) is 111 Å². The van der Waals surface area contributed by atoms with Gasteiger partial charge < -0.3 is 15.2 Å². The number of hydrogen-bond acceptors (Lipinski definition) is 5. The lowest BCUT2D eigenvalue weighted by Gasteiger charge is -2.10. The van der Waals surface area contributed by atoms with E-state index in [9.17, 15) is 14.4 Å². The van der Waals surface area contributed by atoms with Crippen molar-refractivity contribution < 1.29 is 19.4 Å². The van der Waals surface area contributed by atoms with Crippen molar-refractivity contribution in [3.05, 3.63) is 64.2 Å². The number of carbonyl (C=O) groups excluding carboxylic acids is 1. The summed E-state index contributed by atoms with van der Waals surface area (Å²) >= 11 is 0. The van der Waals surface area contributed by atoms with Crippen LogP contribution in [0.25, 0.3) is 22.6 Å². The molecular weight excluding hydrogens is 398 g/mol. The molecule has 4 rings (SSSR count). The number of nitrogens with one attached hydrogen (secondary N) is 1. The van der Waals surface area contributed by atoms with Crippen molar-refractivity contribution in [2.24, 2.45) is 5.92 Å². The number of ether oxygens (including phenoxy) is 1. The summed E-state index contributed by atoms with van der Waals surface area (Å²) in [6, 6.07) is 12.4. The highest BCUT2D eigenvalue weighted by Crippen LogP contribution is 2.28. The van der Waals surface area contributed by atoms with E-state index in [1.165, 1.54) is 6.92 Å². The quantitative estimate of drug-likeness (QED) is 0.615. The number of carboxylic acids is 1. The fourth-order valence-electron chi connectivity index (χ4n) is 3.50. The number of carbonyl (C=O) groups is 2. The molecule has 0 bridgehead atoms. The molecule has 158 valence electrons. The van der Waals surface area contributed by atoms with Gasteiger partial charge in [-0.3, -0.25) is 19.0 Å². The van der Waals surface area contributed by atoms with Gasteiger partial charge in [-0.05, 0) is 60.9 Å². The van der Waals surface area contributed by atoms with Gasteiger partial charge in [0.25, 0.3) is 5.56 Å². The van der Waals surface area contributed by atoms with Gasteiger partial charge in [0.05, 0.1) is 18.0 Å². The first-order chi connectivity index (χ1) is 14.9. The SMILES string of the molecule is COc1ccc(/C=C2\CCn3c2nc2cc(NC(=O)C(C)C(=O)O)ccc2c3=O)cc1. The van der Waals surface area contributed by atoms with Gasteiger partial charge in [0.1, 0.15) is 17.5 Å². The summed E-state index contributed by atoms with van der Waals surface area (Å²) in [5.74, 6) is -1.67. The van der Waals surface area contributed by atoms with Crippen LogP contribution in [-0.2, 0) is 16.1 Å². The molecule has 2 N–H and O–H groups in total. The molecule has 8 nitrogen and oxygen atoms in total. The predicted octanol–water partition coefficient (Wildman–Crippen LogP) is 3.01. The molecule has 3 aromatic rings. The molecule has 0 saturated heterocycles. The van der Waals surface area contributed by atoms with Gasteiger partial charge >= 0.3 is 5.97 Å². The van der Waals surface area contributed by atoms with E-state index in [4.69, 9.17) is 9.84 Å². The number of anilines is 1. The highest BCUT2D eigenvalue weighted by molar-refractivity contribution is 6.04. The number of carboxylic acid groups (broad SMARTS) is 1. The lowest BCUT2D eigenvalue weighted by molar-refractivity contribution is -0.144. The molecule has 0 radical (unpaired) electrons. The highest BCUT2D eigenvalue weighted by atomic mass is 16.5. The number of hydrogen-bond donors (Lipinski definition) is 2. The molecule has 1 atom stereocenters. The molecule has 0 saturated carbocycles. The average Bonchev–Trinajstić information content (AvgIpc) is 3.16. The van der Waals surface area contributed by atoms with Crippen LogP contribution in [0.5, 0.6) is 5.75 Å². The molecule has 1 unspecified atom stereocenters. The second-order valence-corrected chi connectivity index (χ2v) is 7.37. The minimum Gasteiger partial charge on any atom is -0.497 e. The summed E-state index contributed by atoms with van der Waals surface area (Å²) in [5, 5.41) is 12.0. The summed E-state index contributed by atoms with van der Waals surface area (Å²) in [6.45, 7) is 1.86. The number of allylic oxidation sites excluding steroid dienone is 1. The van der Waals surface area contributed by atoms with Crippen LogP contribution >= 0.6 is 0 Å². The van der Waals surface area contributed by atoms with E-state index in [1.54, 1.807) is 29.9 Å². The van der Waals surface area contributed by atoms with Crippen molar-refractivity contribution >= 4 is 40.1 Å². The largest absolute Gasteiger partial charge is 0.497 e. The van der Waals surface area contributed by atoms with E-state index < -0.39 is 17.8 Å². The van der Waals surface area contributed by atoms with Crippen molar-refractivity contribution in [3.63, 3.8) is 0 Å². The molecule has 0 aliphatic carbocycles. The van der Waals surface area contributed by atoms with Gasteiger partial charge in [-0.2, -0.15) is 0 Å². The highest BCUT2D eigenvalue weighted by Gasteiger charge is 2.23. The van der Waals surface area contributed by atoms with Gasteiger partial charge in [0.15, 0.2) is 0 Å². The van der Waals surface area contributed by atoms with E-state index in [-0.39, 0.29) is 5.56 Å². The maximum Gasteiger partial charge on any atom is 0.315 e. The molecule has 0 spiro atoms. The van der Waals surface area contributed by atoms with E-state index in [0.29, 0.717) is 35.4 Å². The number of amides is 1. The van der Waals surface area contributed by atoms with Gasteiger partial charge in [0, 0.05) is 12.2 Å². The Balaban J connectivity index is 1.71. The molecule has 1 aromatic heterocycles. The van der Waals surface area contributed by atoms with Gasteiger partial charge in [-0.1, -0.05) is 12.1 Å². The minimum absolute atomic E-state index is 0.144. The summed E-state index contributed by atoms with van der Waals surface area (Å²) in [7, 11) is 1.61. The first kappa shape index (κ1) is 20.3. The van der Waals surface area contributed by atoms with Crippen LogP contribution in [0, 0.1) is 5.92 Å². The number of aliphatic carboxylic acids is 1. The van der Waals surface area contributed by atoms with Crippen molar-refractivity contribution in [2.75, 3.05) is 12.4 Å². The van der Waals surface area contributed by atoms with Crippen LogP contribution in [0.1, 0.15) is 24.7 Å². The smallest absolute Gasteiger partial charge is 0.315 e. The summed E-state index contributed by atoms with van der Waals surface area (Å²) in [6.07, 6.45) is 2.68. The number of fused-ring (bicyclic) bond motifs is 2. The third kappa shape index (κ3) is 3.92. The zero-order valence-electron chi connectivity index (χ0n) is 17.1. The van der Waals surface area contributed by atoms with Crippen LogP contribution in [0.2, 0.25) is 0 Å². The molecule has 1 amide bonds. The number of methoxy groups -OCH3 is 1. The Morgan fingerprint density at radius 3 is 2.65 bits per heavy atom. The summed E-state index contributed by atoms with van der Waals surface area (Å²) in [5.41, 5.74) is 2.61. The van der Waals surface area contributed by atoms with Gasteiger partial charge in [-0.15, -0.1) is 0 Å². The standard InChI is InChI=1S/C23H21N3O5/c1-13(23(29)30)21(27)24-16-5-8-18-19(12-16)25-20-15(9-10-26(20)22(18)28)11-14-3-6-17(31-2)7-4-14/h3-8,11-13H,9-10H2,1-2H3,(H,24,27)(H,29,30)/b15-11+. The average molecular weight is 419 g/mol. The van der Waals surface area contributed by atoms with Crippen LogP contribution in [0.3, 0.4) is 0 Å². The first-order valence-corrected chi connectivity index (χ1v) is 9.80. The van der Waals surface area contributed by atoms with Crippen molar-refractivity contribution in [2.45, 2.75) is 19.9 Å². The minimum atomic E-state index is -1.21. The monoisotopic (exact) mass is 419 g/mol. The van der Waals surface area contributed by atoms with Crippen LogP contribution < -0.4 is 15.6 Å². The van der Waals surface area contributed by atoms with Crippen LogP contribution in [-0.4, -0.2) is 33.6 Å². The summed E-state index contributed by atoms with van der Waals surface area (Å²) in [4.78, 5) is 40.7. The Hall–Kier alpha value is -3.94.